The first-order chi connectivity index (χ1) is 7.76. The van der Waals surface area contributed by atoms with E-state index < -0.39 is 0 Å². The lowest BCUT2D eigenvalue weighted by Crippen LogP contribution is -2.27. The summed E-state index contributed by atoms with van der Waals surface area (Å²) in [6.45, 7) is 4.40. The molecule has 2 heteroatoms. The van der Waals surface area contributed by atoms with Crippen LogP contribution in [0.1, 0.15) is 31.7 Å². The molecule has 0 radical (unpaired) electrons. The number of hydrogen-bond acceptors (Lipinski definition) is 2. The Bertz CT molecular complexity index is 299. The van der Waals surface area contributed by atoms with Gasteiger partial charge in [-0.2, -0.15) is 0 Å². The Morgan fingerprint density at radius 1 is 1.38 bits per heavy atom. The normalized spacial score (nSPS) is 12.7. The molecule has 0 aromatic heterocycles. The Hall–Kier alpha value is -0.470. The summed E-state index contributed by atoms with van der Waals surface area (Å²) in [6.07, 6.45) is 3.89. The lowest BCUT2D eigenvalue weighted by molar-refractivity contribution is 0.544. The minimum absolute atomic E-state index is 0.644. The van der Waals surface area contributed by atoms with Crippen molar-refractivity contribution in [2.24, 2.45) is 0 Å². The van der Waals surface area contributed by atoms with Gasteiger partial charge in [0.15, 0.2) is 0 Å². The van der Waals surface area contributed by atoms with Crippen molar-refractivity contribution in [3.8, 4) is 0 Å². The van der Waals surface area contributed by atoms with Crippen molar-refractivity contribution >= 4 is 11.8 Å². The van der Waals surface area contributed by atoms with Gasteiger partial charge in [-0.3, -0.25) is 0 Å². The average molecular weight is 237 g/mol. The van der Waals surface area contributed by atoms with E-state index in [-0.39, 0.29) is 0 Å². The summed E-state index contributed by atoms with van der Waals surface area (Å²) in [5.74, 6) is 1.17. The summed E-state index contributed by atoms with van der Waals surface area (Å²) in [4.78, 5) is 1.39. The Morgan fingerprint density at radius 3 is 2.81 bits per heavy atom. The maximum atomic E-state index is 3.40. The molecule has 0 saturated carbocycles. The fourth-order valence-electron chi connectivity index (χ4n) is 1.66. The minimum atomic E-state index is 0.644. The van der Waals surface area contributed by atoms with Crippen molar-refractivity contribution in [2.45, 2.75) is 44.0 Å². The molecule has 0 aliphatic rings. The van der Waals surface area contributed by atoms with E-state index in [1.165, 1.54) is 35.5 Å². The van der Waals surface area contributed by atoms with Gasteiger partial charge in [0.1, 0.15) is 0 Å². The summed E-state index contributed by atoms with van der Waals surface area (Å²) in [6, 6.07) is 9.39. The lowest BCUT2D eigenvalue weighted by atomic mass is 10.1. The zero-order chi connectivity index (χ0) is 11.8. The van der Waals surface area contributed by atoms with E-state index >= 15 is 0 Å². The molecule has 0 saturated heterocycles. The molecule has 0 aliphatic heterocycles. The second-order valence-corrected chi connectivity index (χ2v) is 5.35. The van der Waals surface area contributed by atoms with Gasteiger partial charge in [-0.05, 0) is 32.5 Å². The molecule has 0 aliphatic carbocycles. The largest absolute Gasteiger partial charge is 0.316 e. The molecule has 0 spiro atoms. The number of unbranched alkanes of at least 4 members (excludes halogenated alkanes) is 1. The van der Waals surface area contributed by atoms with Gasteiger partial charge in [-0.15, -0.1) is 11.8 Å². The molecule has 1 aromatic carbocycles. The van der Waals surface area contributed by atoms with E-state index in [9.17, 15) is 0 Å². The molecular formula is C14H23NS. The van der Waals surface area contributed by atoms with Gasteiger partial charge in [0, 0.05) is 16.7 Å². The molecule has 0 bridgehead atoms. The van der Waals surface area contributed by atoms with Crippen LogP contribution in [0.3, 0.4) is 0 Å². The summed E-state index contributed by atoms with van der Waals surface area (Å²) >= 11 is 1.96. The molecule has 1 rings (SSSR count). The second kappa shape index (κ2) is 7.75. The van der Waals surface area contributed by atoms with Crippen LogP contribution in [-0.4, -0.2) is 18.8 Å². The van der Waals surface area contributed by atoms with Gasteiger partial charge in [0.05, 0.1) is 0 Å². The SMILES string of the molecule is CCCCC(CSc1cccc(C)c1)NC. The number of thioether (sulfide) groups is 1. The third kappa shape index (κ3) is 5.04. The van der Waals surface area contributed by atoms with Gasteiger partial charge in [-0.25, -0.2) is 0 Å². The van der Waals surface area contributed by atoms with Crippen LogP contribution in [0.4, 0.5) is 0 Å². The molecular weight excluding hydrogens is 214 g/mol. The highest BCUT2D eigenvalue weighted by Gasteiger charge is 2.05. The number of hydrogen-bond donors (Lipinski definition) is 1. The predicted molar refractivity (Wildman–Crippen MR) is 74.3 cm³/mol. The van der Waals surface area contributed by atoms with Crippen molar-refractivity contribution in [2.75, 3.05) is 12.8 Å². The van der Waals surface area contributed by atoms with Crippen molar-refractivity contribution in [3.63, 3.8) is 0 Å². The summed E-state index contributed by atoms with van der Waals surface area (Å²) in [5.41, 5.74) is 1.35. The zero-order valence-corrected chi connectivity index (χ0v) is 11.4. The molecule has 0 heterocycles. The molecule has 1 nitrogen and oxygen atoms in total. The molecule has 0 fully saturated rings. The molecule has 16 heavy (non-hydrogen) atoms. The third-order valence-corrected chi connectivity index (χ3v) is 3.91. The van der Waals surface area contributed by atoms with Crippen LogP contribution in [0, 0.1) is 6.92 Å². The number of rotatable bonds is 7. The highest BCUT2D eigenvalue weighted by atomic mass is 32.2. The van der Waals surface area contributed by atoms with Crippen molar-refractivity contribution < 1.29 is 0 Å². The molecule has 1 N–H and O–H groups in total. The van der Waals surface area contributed by atoms with Crippen LogP contribution in [0.5, 0.6) is 0 Å². The second-order valence-electron chi connectivity index (χ2n) is 4.26. The quantitative estimate of drug-likeness (QED) is 0.723. The first kappa shape index (κ1) is 13.6. The van der Waals surface area contributed by atoms with Crippen LogP contribution in [0.25, 0.3) is 0 Å². The maximum absolute atomic E-state index is 3.40. The zero-order valence-electron chi connectivity index (χ0n) is 10.6. The Balaban J connectivity index is 2.37. The number of benzene rings is 1. The van der Waals surface area contributed by atoms with E-state index in [0.717, 1.165) is 0 Å². The highest BCUT2D eigenvalue weighted by Crippen LogP contribution is 2.20. The van der Waals surface area contributed by atoms with E-state index in [2.05, 4.69) is 50.5 Å². The Morgan fingerprint density at radius 2 is 2.19 bits per heavy atom. The monoisotopic (exact) mass is 237 g/mol. The minimum Gasteiger partial charge on any atom is -0.316 e. The number of aryl methyl sites for hydroxylation is 1. The Kier molecular flexibility index (Phi) is 6.58. The fraction of sp³-hybridized carbons (Fsp3) is 0.571. The Labute approximate surface area is 104 Å². The highest BCUT2D eigenvalue weighted by molar-refractivity contribution is 7.99. The summed E-state index contributed by atoms with van der Waals surface area (Å²) < 4.78 is 0. The van der Waals surface area contributed by atoms with Gasteiger partial charge in [-0.1, -0.05) is 37.5 Å². The molecule has 1 aromatic rings. The average Bonchev–Trinajstić information content (AvgIpc) is 2.29. The van der Waals surface area contributed by atoms with Gasteiger partial charge < -0.3 is 5.32 Å². The van der Waals surface area contributed by atoms with Crippen LogP contribution in [-0.2, 0) is 0 Å². The predicted octanol–water partition coefficient (Wildman–Crippen LogP) is 3.87. The van der Waals surface area contributed by atoms with Crippen LogP contribution < -0.4 is 5.32 Å². The topological polar surface area (TPSA) is 12.0 Å². The standard InChI is InChI=1S/C14H23NS/c1-4-5-8-13(15-3)11-16-14-9-6-7-12(2)10-14/h6-7,9-10,13,15H,4-5,8,11H2,1-3H3. The van der Waals surface area contributed by atoms with Crippen molar-refractivity contribution in [3.05, 3.63) is 29.8 Å². The van der Waals surface area contributed by atoms with Crippen LogP contribution in [0.15, 0.2) is 29.2 Å². The van der Waals surface area contributed by atoms with Crippen LogP contribution in [0.2, 0.25) is 0 Å². The van der Waals surface area contributed by atoms with Gasteiger partial charge in [0.25, 0.3) is 0 Å². The van der Waals surface area contributed by atoms with Crippen molar-refractivity contribution in [1.82, 2.24) is 5.32 Å². The van der Waals surface area contributed by atoms with Gasteiger partial charge in [0.2, 0.25) is 0 Å². The molecule has 1 atom stereocenters. The molecule has 90 valence electrons. The number of nitrogens with one attached hydrogen (secondary N) is 1. The lowest BCUT2D eigenvalue weighted by Gasteiger charge is -2.15. The first-order valence-corrected chi connectivity index (χ1v) is 7.11. The summed E-state index contributed by atoms with van der Waals surface area (Å²) in [7, 11) is 2.07. The van der Waals surface area contributed by atoms with Crippen molar-refractivity contribution in [1.29, 1.82) is 0 Å². The van der Waals surface area contributed by atoms with E-state index in [1.54, 1.807) is 0 Å². The summed E-state index contributed by atoms with van der Waals surface area (Å²) in [5, 5.41) is 3.40. The fourth-order valence-corrected chi connectivity index (χ4v) is 2.83. The van der Waals surface area contributed by atoms with Gasteiger partial charge >= 0.3 is 0 Å². The molecule has 0 amide bonds. The maximum Gasteiger partial charge on any atom is 0.0158 e. The van der Waals surface area contributed by atoms with E-state index in [1.807, 2.05) is 11.8 Å². The van der Waals surface area contributed by atoms with E-state index in [0.29, 0.717) is 6.04 Å². The molecule has 1 unspecified atom stereocenters. The third-order valence-electron chi connectivity index (χ3n) is 2.76. The smallest absolute Gasteiger partial charge is 0.0158 e. The van der Waals surface area contributed by atoms with E-state index in [4.69, 9.17) is 0 Å². The van der Waals surface area contributed by atoms with Crippen LogP contribution >= 0.6 is 11.8 Å². The first-order valence-electron chi connectivity index (χ1n) is 6.13.